The molecule has 0 amide bonds. The first-order valence-electron chi connectivity index (χ1n) is 8.02. The van der Waals surface area contributed by atoms with Crippen molar-refractivity contribution in [1.82, 2.24) is 4.90 Å². The highest BCUT2D eigenvalue weighted by atomic mass is 15.3. The fourth-order valence-corrected chi connectivity index (χ4v) is 4.07. The van der Waals surface area contributed by atoms with Gasteiger partial charge in [-0.05, 0) is 51.3 Å². The highest BCUT2D eigenvalue weighted by Gasteiger charge is 2.42. The van der Waals surface area contributed by atoms with Gasteiger partial charge in [0, 0.05) is 36.9 Å². The van der Waals surface area contributed by atoms with E-state index in [0.717, 1.165) is 19.6 Å². The Labute approximate surface area is 122 Å². The second-order valence-electron chi connectivity index (χ2n) is 6.44. The van der Waals surface area contributed by atoms with E-state index in [2.05, 4.69) is 47.1 Å². The molecule has 0 aromatic heterocycles. The number of para-hydroxylation sites is 1. The summed E-state index contributed by atoms with van der Waals surface area (Å²) in [6.45, 7) is 6.67. The normalized spacial score (nSPS) is 26.9. The van der Waals surface area contributed by atoms with Gasteiger partial charge in [-0.15, -0.1) is 0 Å². The van der Waals surface area contributed by atoms with E-state index in [9.17, 15) is 0 Å². The van der Waals surface area contributed by atoms with E-state index in [0.29, 0.717) is 6.04 Å². The van der Waals surface area contributed by atoms with E-state index in [-0.39, 0.29) is 5.54 Å². The minimum atomic E-state index is 0.251. The maximum atomic E-state index is 6.20. The highest BCUT2D eigenvalue weighted by Crippen LogP contribution is 2.35. The molecule has 2 aliphatic heterocycles. The molecule has 0 aliphatic carbocycles. The maximum Gasteiger partial charge on any atom is 0.0368 e. The van der Waals surface area contributed by atoms with Gasteiger partial charge in [0.05, 0.1) is 0 Å². The Morgan fingerprint density at radius 1 is 1.15 bits per heavy atom. The van der Waals surface area contributed by atoms with Gasteiger partial charge >= 0.3 is 0 Å². The number of rotatable bonds is 3. The standard InChI is InChI=1S/C17H27N3/c1-15-6-5-11-20(15)17(14-18)9-12-19(13-10-17)16-7-3-2-4-8-16/h2-4,7-8,15H,5-6,9-14,18H2,1H3. The summed E-state index contributed by atoms with van der Waals surface area (Å²) in [6.07, 6.45) is 5.07. The zero-order valence-electron chi connectivity index (χ0n) is 12.6. The van der Waals surface area contributed by atoms with Gasteiger partial charge in [0.25, 0.3) is 0 Å². The molecular weight excluding hydrogens is 246 g/mol. The van der Waals surface area contributed by atoms with Gasteiger partial charge < -0.3 is 10.6 Å². The molecule has 0 spiro atoms. The number of likely N-dealkylation sites (tertiary alicyclic amines) is 1. The number of anilines is 1. The van der Waals surface area contributed by atoms with Crippen LogP contribution in [0.5, 0.6) is 0 Å². The molecule has 2 fully saturated rings. The van der Waals surface area contributed by atoms with Crippen LogP contribution in [0.2, 0.25) is 0 Å². The predicted octanol–water partition coefficient (Wildman–Crippen LogP) is 2.47. The molecule has 110 valence electrons. The summed E-state index contributed by atoms with van der Waals surface area (Å²) >= 11 is 0. The molecule has 1 atom stereocenters. The van der Waals surface area contributed by atoms with E-state index in [1.54, 1.807) is 0 Å². The van der Waals surface area contributed by atoms with Gasteiger partial charge in [0.15, 0.2) is 0 Å². The number of hydrogen-bond donors (Lipinski definition) is 1. The number of nitrogens with zero attached hydrogens (tertiary/aromatic N) is 2. The van der Waals surface area contributed by atoms with Crippen LogP contribution in [0.3, 0.4) is 0 Å². The molecule has 1 aromatic carbocycles. The molecule has 2 N–H and O–H groups in total. The van der Waals surface area contributed by atoms with Crippen LogP contribution in [0, 0.1) is 0 Å². The molecule has 2 saturated heterocycles. The van der Waals surface area contributed by atoms with Crippen molar-refractivity contribution in [3.63, 3.8) is 0 Å². The van der Waals surface area contributed by atoms with Crippen molar-refractivity contribution in [2.24, 2.45) is 5.73 Å². The zero-order chi connectivity index (χ0) is 14.0. The van der Waals surface area contributed by atoms with Gasteiger partial charge in [-0.25, -0.2) is 0 Å². The van der Waals surface area contributed by atoms with E-state index in [1.807, 2.05) is 0 Å². The lowest BCUT2D eigenvalue weighted by atomic mass is 9.85. The first-order valence-corrected chi connectivity index (χ1v) is 8.02. The molecule has 0 bridgehead atoms. The first-order chi connectivity index (χ1) is 9.75. The fourth-order valence-electron chi connectivity index (χ4n) is 4.07. The second-order valence-corrected chi connectivity index (χ2v) is 6.44. The lowest BCUT2D eigenvalue weighted by Crippen LogP contribution is -2.60. The van der Waals surface area contributed by atoms with E-state index in [1.165, 1.54) is 37.9 Å². The summed E-state index contributed by atoms with van der Waals surface area (Å²) < 4.78 is 0. The predicted molar refractivity (Wildman–Crippen MR) is 85.1 cm³/mol. The van der Waals surface area contributed by atoms with Crippen LogP contribution in [0.15, 0.2) is 30.3 Å². The highest BCUT2D eigenvalue weighted by molar-refractivity contribution is 5.46. The summed E-state index contributed by atoms with van der Waals surface area (Å²) in [6, 6.07) is 11.5. The van der Waals surface area contributed by atoms with Crippen molar-refractivity contribution >= 4 is 5.69 Å². The van der Waals surface area contributed by atoms with Crippen molar-refractivity contribution in [2.45, 2.75) is 44.2 Å². The summed E-state index contributed by atoms with van der Waals surface area (Å²) in [4.78, 5) is 5.21. The Morgan fingerprint density at radius 2 is 1.85 bits per heavy atom. The summed E-state index contributed by atoms with van der Waals surface area (Å²) in [5, 5.41) is 0. The largest absolute Gasteiger partial charge is 0.371 e. The molecule has 2 heterocycles. The van der Waals surface area contributed by atoms with Gasteiger partial charge in [0.1, 0.15) is 0 Å². The average molecular weight is 273 g/mol. The van der Waals surface area contributed by atoms with Gasteiger partial charge in [-0.2, -0.15) is 0 Å². The molecule has 3 heteroatoms. The van der Waals surface area contributed by atoms with Crippen molar-refractivity contribution in [1.29, 1.82) is 0 Å². The minimum Gasteiger partial charge on any atom is -0.371 e. The van der Waals surface area contributed by atoms with Crippen LogP contribution in [-0.2, 0) is 0 Å². The van der Waals surface area contributed by atoms with Gasteiger partial charge in [0.2, 0.25) is 0 Å². The summed E-state index contributed by atoms with van der Waals surface area (Å²) in [5.41, 5.74) is 7.81. The topological polar surface area (TPSA) is 32.5 Å². The average Bonchev–Trinajstić information content (AvgIpc) is 2.95. The first kappa shape index (κ1) is 13.9. The molecule has 3 rings (SSSR count). The molecule has 2 aliphatic rings. The Bertz CT molecular complexity index is 423. The third kappa shape index (κ3) is 2.45. The van der Waals surface area contributed by atoms with E-state index >= 15 is 0 Å². The molecule has 3 nitrogen and oxygen atoms in total. The van der Waals surface area contributed by atoms with Crippen LogP contribution in [-0.4, -0.2) is 42.7 Å². The SMILES string of the molecule is CC1CCCN1C1(CN)CCN(c2ccccc2)CC1. The quantitative estimate of drug-likeness (QED) is 0.918. The number of benzene rings is 1. The molecule has 20 heavy (non-hydrogen) atoms. The lowest BCUT2D eigenvalue weighted by molar-refractivity contribution is 0.0631. The third-order valence-corrected chi connectivity index (χ3v) is 5.36. The Kier molecular flexibility index (Phi) is 3.99. The summed E-state index contributed by atoms with van der Waals surface area (Å²) in [5.74, 6) is 0. The Balaban J connectivity index is 1.70. The van der Waals surface area contributed by atoms with Crippen molar-refractivity contribution < 1.29 is 0 Å². The maximum absolute atomic E-state index is 6.20. The number of hydrogen-bond acceptors (Lipinski definition) is 3. The van der Waals surface area contributed by atoms with Crippen LogP contribution in [0.4, 0.5) is 5.69 Å². The molecule has 1 unspecified atom stereocenters. The molecule has 0 saturated carbocycles. The van der Waals surface area contributed by atoms with Crippen LogP contribution < -0.4 is 10.6 Å². The van der Waals surface area contributed by atoms with Crippen molar-refractivity contribution in [2.75, 3.05) is 31.1 Å². The zero-order valence-corrected chi connectivity index (χ0v) is 12.6. The minimum absolute atomic E-state index is 0.251. The number of nitrogens with two attached hydrogens (primary N) is 1. The van der Waals surface area contributed by atoms with Crippen LogP contribution >= 0.6 is 0 Å². The van der Waals surface area contributed by atoms with Crippen LogP contribution in [0.1, 0.15) is 32.6 Å². The van der Waals surface area contributed by atoms with Crippen molar-refractivity contribution in [3.8, 4) is 0 Å². The smallest absolute Gasteiger partial charge is 0.0368 e. The van der Waals surface area contributed by atoms with Gasteiger partial charge in [-0.1, -0.05) is 18.2 Å². The summed E-state index contributed by atoms with van der Waals surface area (Å²) in [7, 11) is 0. The number of piperidine rings is 1. The van der Waals surface area contributed by atoms with Crippen LogP contribution in [0.25, 0.3) is 0 Å². The van der Waals surface area contributed by atoms with E-state index < -0.39 is 0 Å². The lowest BCUT2D eigenvalue weighted by Gasteiger charge is -2.49. The van der Waals surface area contributed by atoms with Gasteiger partial charge in [-0.3, -0.25) is 4.90 Å². The molecular formula is C17H27N3. The molecule has 0 radical (unpaired) electrons. The Hall–Kier alpha value is -1.06. The van der Waals surface area contributed by atoms with E-state index in [4.69, 9.17) is 5.73 Å². The second kappa shape index (κ2) is 5.74. The molecule has 1 aromatic rings. The van der Waals surface area contributed by atoms with Crippen molar-refractivity contribution in [3.05, 3.63) is 30.3 Å². The Morgan fingerprint density at radius 3 is 2.40 bits per heavy atom. The monoisotopic (exact) mass is 273 g/mol. The third-order valence-electron chi connectivity index (χ3n) is 5.36. The fraction of sp³-hybridized carbons (Fsp3) is 0.647.